The third kappa shape index (κ3) is 1.83. The Morgan fingerprint density at radius 1 is 1.05 bits per heavy atom. The molecule has 2 saturated heterocycles. The highest BCUT2D eigenvalue weighted by atomic mass is 15.2. The number of rotatable bonds is 0. The minimum Gasteiger partial charge on any atom is -0.303 e. The zero-order valence-corrected chi connectivity index (χ0v) is 13.6. The van der Waals surface area contributed by atoms with Crippen LogP contribution in [0.5, 0.6) is 0 Å². The Morgan fingerprint density at radius 3 is 2.70 bits per heavy atom. The van der Waals surface area contributed by atoms with Crippen LogP contribution < -0.4 is 0 Å². The monoisotopic (exact) mass is 276 g/mol. The highest BCUT2D eigenvalue weighted by Crippen LogP contribution is 2.56. The van der Waals surface area contributed by atoms with Crippen molar-refractivity contribution in [3.8, 4) is 0 Å². The van der Waals surface area contributed by atoms with Gasteiger partial charge in [0.05, 0.1) is 0 Å². The molecule has 2 aliphatic carbocycles. The van der Waals surface area contributed by atoms with E-state index in [1.165, 1.54) is 58.0 Å². The van der Waals surface area contributed by atoms with E-state index in [4.69, 9.17) is 0 Å². The van der Waals surface area contributed by atoms with Gasteiger partial charge >= 0.3 is 0 Å². The van der Waals surface area contributed by atoms with Gasteiger partial charge in [-0.2, -0.15) is 0 Å². The summed E-state index contributed by atoms with van der Waals surface area (Å²) in [5.74, 6) is 3.94. The smallest absolute Gasteiger partial charge is 0.0249 e. The van der Waals surface area contributed by atoms with Crippen LogP contribution in [0.2, 0.25) is 0 Å². The zero-order chi connectivity index (χ0) is 13.9. The number of nitrogens with zero attached hydrogens (tertiary/aromatic N) is 2. The van der Waals surface area contributed by atoms with Gasteiger partial charge in [-0.05, 0) is 82.8 Å². The average Bonchev–Trinajstić information content (AvgIpc) is 2.42. The van der Waals surface area contributed by atoms with Gasteiger partial charge in [-0.25, -0.2) is 0 Å². The Hall–Kier alpha value is -0.0800. The molecule has 0 N–H and O–H groups in total. The SMILES string of the molecule is CC1CC2C[C@]3(CCCCN3C)C3CC2[C@H](C1)N(C)C3. The fraction of sp³-hybridized carbons (Fsp3) is 1.00. The van der Waals surface area contributed by atoms with Gasteiger partial charge in [0.25, 0.3) is 0 Å². The maximum Gasteiger partial charge on any atom is 0.0249 e. The molecular formula is C18H32N2. The van der Waals surface area contributed by atoms with E-state index in [1.807, 2.05) is 0 Å². The van der Waals surface area contributed by atoms with Crippen molar-refractivity contribution in [3.05, 3.63) is 0 Å². The summed E-state index contributed by atoms with van der Waals surface area (Å²) in [4.78, 5) is 5.54. The van der Waals surface area contributed by atoms with Crippen molar-refractivity contribution in [3.63, 3.8) is 0 Å². The molecule has 6 atom stereocenters. The lowest BCUT2D eigenvalue weighted by Gasteiger charge is -2.64. The molecule has 2 aliphatic heterocycles. The molecule has 0 radical (unpaired) electrons. The molecule has 2 bridgehead atoms. The highest BCUT2D eigenvalue weighted by molar-refractivity contribution is 5.10. The topological polar surface area (TPSA) is 6.48 Å². The van der Waals surface area contributed by atoms with Crippen molar-refractivity contribution in [1.82, 2.24) is 9.80 Å². The highest BCUT2D eigenvalue weighted by Gasteiger charge is 2.56. The second-order valence-corrected chi connectivity index (χ2v) is 8.63. The largest absolute Gasteiger partial charge is 0.303 e. The van der Waals surface area contributed by atoms with Crippen LogP contribution in [-0.4, -0.2) is 48.6 Å². The second kappa shape index (κ2) is 4.71. The molecule has 2 nitrogen and oxygen atoms in total. The minimum atomic E-state index is 0.565. The van der Waals surface area contributed by atoms with E-state index in [2.05, 4.69) is 30.8 Å². The molecule has 1 spiro atoms. The molecular weight excluding hydrogens is 244 g/mol. The number of fused-ring (bicyclic) bond motifs is 2. The maximum absolute atomic E-state index is 2.78. The van der Waals surface area contributed by atoms with Gasteiger partial charge in [-0.1, -0.05) is 13.3 Å². The average molecular weight is 276 g/mol. The maximum atomic E-state index is 2.78. The molecule has 4 unspecified atom stereocenters. The summed E-state index contributed by atoms with van der Waals surface area (Å²) in [6.07, 6.45) is 10.4. The predicted molar refractivity (Wildman–Crippen MR) is 83.7 cm³/mol. The Labute approximate surface area is 124 Å². The molecule has 0 aromatic rings. The van der Waals surface area contributed by atoms with Gasteiger partial charge in [0.1, 0.15) is 0 Å². The van der Waals surface area contributed by atoms with Gasteiger partial charge in [0.2, 0.25) is 0 Å². The van der Waals surface area contributed by atoms with Gasteiger partial charge in [-0.3, -0.25) is 0 Å². The molecule has 2 heteroatoms. The van der Waals surface area contributed by atoms with Crippen LogP contribution in [0.25, 0.3) is 0 Å². The van der Waals surface area contributed by atoms with E-state index in [0.717, 1.165) is 29.7 Å². The molecule has 0 aromatic carbocycles. The Morgan fingerprint density at radius 2 is 1.90 bits per heavy atom. The first-order valence-electron chi connectivity index (χ1n) is 9.01. The van der Waals surface area contributed by atoms with Crippen LogP contribution in [0.1, 0.15) is 51.9 Å². The molecule has 114 valence electrons. The van der Waals surface area contributed by atoms with Crippen LogP contribution in [-0.2, 0) is 0 Å². The Kier molecular flexibility index (Phi) is 3.20. The van der Waals surface area contributed by atoms with E-state index >= 15 is 0 Å². The second-order valence-electron chi connectivity index (χ2n) is 8.63. The van der Waals surface area contributed by atoms with Crippen molar-refractivity contribution in [2.24, 2.45) is 23.7 Å². The summed E-state index contributed by atoms with van der Waals surface area (Å²) >= 11 is 0. The first-order valence-corrected chi connectivity index (χ1v) is 9.01. The number of likely N-dealkylation sites (tertiary alicyclic amines) is 2. The first-order chi connectivity index (χ1) is 9.60. The van der Waals surface area contributed by atoms with Crippen LogP contribution in [0.3, 0.4) is 0 Å². The summed E-state index contributed by atoms with van der Waals surface area (Å²) in [6.45, 7) is 5.21. The van der Waals surface area contributed by atoms with Crippen molar-refractivity contribution < 1.29 is 0 Å². The fourth-order valence-corrected chi connectivity index (χ4v) is 6.64. The van der Waals surface area contributed by atoms with Gasteiger partial charge in [-0.15, -0.1) is 0 Å². The summed E-state index contributed by atoms with van der Waals surface area (Å²) in [7, 11) is 4.85. The van der Waals surface area contributed by atoms with E-state index in [0.29, 0.717) is 5.54 Å². The van der Waals surface area contributed by atoms with Gasteiger partial charge < -0.3 is 9.80 Å². The van der Waals surface area contributed by atoms with Crippen LogP contribution in [0, 0.1) is 23.7 Å². The lowest BCUT2D eigenvalue weighted by Crippen LogP contribution is -2.67. The van der Waals surface area contributed by atoms with Crippen molar-refractivity contribution in [1.29, 1.82) is 0 Å². The van der Waals surface area contributed by atoms with E-state index < -0.39 is 0 Å². The van der Waals surface area contributed by atoms with Crippen LogP contribution in [0.15, 0.2) is 0 Å². The van der Waals surface area contributed by atoms with E-state index in [1.54, 1.807) is 0 Å². The summed E-state index contributed by atoms with van der Waals surface area (Å²) in [6, 6.07) is 0.909. The lowest BCUT2D eigenvalue weighted by molar-refractivity contribution is -0.128. The number of hydrogen-bond donors (Lipinski definition) is 0. The standard InChI is InChI=1S/C18H32N2/c1-13-8-14-11-18(6-4-5-7-20(18)3)15-10-16(14)17(9-13)19(2)12-15/h13-17H,4-12H2,1-3H3/t13?,14?,15?,16?,17-,18+/m0/s1. The van der Waals surface area contributed by atoms with Crippen molar-refractivity contribution >= 4 is 0 Å². The molecule has 0 amide bonds. The zero-order valence-electron chi connectivity index (χ0n) is 13.6. The lowest BCUT2D eigenvalue weighted by atomic mass is 9.53. The molecule has 2 heterocycles. The van der Waals surface area contributed by atoms with Crippen molar-refractivity contribution in [2.45, 2.75) is 63.5 Å². The number of hydrogen-bond acceptors (Lipinski definition) is 2. The Bertz CT molecular complexity index is 382. The molecule has 20 heavy (non-hydrogen) atoms. The van der Waals surface area contributed by atoms with Crippen molar-refractivity contribution in [2.75, 3.05) is 27.2 Å². The van der Waals surface area contributed by atoms with Crippen LogP contribution >= 0.6 is 0 Å². The summed E-state index contributed by atoms with van der Waals surface area (Å²) in [5, 5.41) is 0. The van der Waals surface area contributed by atoms with Gasteiger partial charge in [0, 0.05) is 18.1 Å². The summed E-state index contributed by atoms with van der Waals surface area (Å²) < 4.78 is 0. The molecule has 4 fully saturated rings. The molecule has 4 aliphatic rings. The normalized spacial score (nSPS) is 53.2. The quantitative estimate of drug-likeness (QED) is 0.670. The Balaban J connectivity index is 1.68. The van der Waals surface area contributed by atoms with Gasteiger partial charge in [0.15, 0.2) is 0 Å². The third-order valence-electron chi connectivity index (χ3n) is 7.57. The predicted octanol–water partition coefficient (Wildman–Crippen LogP) is 3.23. The first kappa shape index (κ1) is 13.6. The minimum absolute atomic E-state index is 0.565. The van der Waals surface area contributed by atoms with Crippen LogP contribution in [0.4, 0.5) is 0 Å². The third-order valence-corrected chi connectivity index (χ3v) is 7.57. The fourth-order valence-electron chi connectivity index (χ4n) is 6.64. The van der Waals surface area contributed by atoms with E-state index in [-0.39, 0.29) is 0 Å². The van der Waals surface area contributed by atoms with E-state index in [9.17, 15) is 0 Å². The molecule has 0 aromatic heterocycles. The molecule has 4 rings (SSSR count). The number of piperidine rings is 2. The molecule has 2 saturated carbocycles. The summed E-state index contributed by atoms with van der Waals surface area (Å²) in [5.41, 5.74) is 0.565.